The number of aryl methyl sites for hydroxylation is 1. The zero-order valence-electron chi connectivity index (χ0n) is 16.7. The number of ether oxygens (including phenoxy) is 3. The summed E-state index contributed by atoms with van der Waals surface area (Å²) in [5, 5.41) is 0. The predicted octanol–water partition coefficient (Wildman–Crippen LogP) is 5.23. The van der Waals surface area contributed by atoms with Crippen LogP contribution in [0, 0.1) is 6.92 Å². The third-order valence-electron chi connectivity index (χ3n) is 4.65. The van der Waals surface area contributed by atoms with Gasteiger partial charge in [-0.05, 0) is 61.4 Å². The molecule has 0 aromatic heterocycles. The standard InChI is InChI=1S/C25H20O5/c1-3-28-19-11-9-17(10-12-19)14-22-24(26)23-16(2)13-20(15-21(23)30-22)29-25(27)18-7-5-4-6-8-18/h4-15H,3H2,1-2H3/b22-14-. The molecular weight excluding hydrogens is 380 g/mol. The molecule has 0 spiro atoms. The van der Waals surface area contributed by atoms with Crippen LogP contribution in [0.1, 0.15) is 38.8 Å². The molecule has 0 amide bonds. The Morgan fingerprint density at radius 2 is 1.73 bits per heavy atom. The number of rotatable bonds is 5. The van der Waals surface area contributed by atoms with Crippen molar-refractivity contribution < 1.29 is 23.8 Å². The third kappa shape index (κ3) is 3.96. The highest BCUT2D eigenvalue weighted by atomic mass is 16.5. The van der Waals surface area contributed by atoms with Crippen molar-refractivity contribution in [1.82, 2.24) is 0 Å². The minimum Gasteiger partial charge on any atom is -0.494 e. The largest absolute Gasteiger partial charge is 0.494 e. The summed E-state index contributed by atoms with van der Waals surface area (Å²) >= 11 is 0. The molecule has 0 atom stereocenters. The van der Waals surface area contributed by atoms with Gasteiger partial charge in [0.25, 0.3) is 0 Å². The van der Waals surface area contributed by atoms with Gasteiger partial charge < -0.3 is 14.2 Å². The number of hydrogen-bond acceptors (Lipinski definition) is 5. The molecule has 1 aliphatic heterocycles. The van der Waals surface area contributed by atoms with E-state index in [2.05, 4.69) is 0 Å². The van der Waals surface area contributed by atoms with E-state index < -0.39 is 5.97 Å². The minimum atomic E-state index is -0.468. The highest BCUT2D eigenvalue weighted by Gasteiger charge is 2.30. The van der Waals surface area contributed by atoms with Crippen molar-refractivity contribution in [2.24, 2.45) is 0 Å². The molecule has 1 aliphatic rings. The average Bonchev–Trinajstić information content (AvgIpc) is 3.06. The van der Waals surface area contributed by atoms with E-state index in [1.54, 1.807) is 49.4 Å². The van der Waals surface area contributed by atoms with E-state index in [1.165, 1.54) is 0 Å². The first kappa shape index (κ1) is 19.5. The molecule has 0 unspecified atom stereocenters. The van der Waals surface area contributed by atoms with Crippen molar-refractivity contribution in [1.29, 1.82) is 0 Å². The molecule has 3 aromatic carbocycles. The Morgan fingerprint density at radius 3 is 2.43 bits per heavy atom. The molecule has 0 aliphatic carbocycles. The first-order chi connectivity index (χ1) is 14.5. The van der Waals surface area contributed by atoms with Gasteiger partial charge in [0.15, 0.2) is 5.76 Å². The Bertz CT molecular complexity index is 1130. The van der Waals surface area contributed by atoms with Crippen molar-refractivity contribution >= 4 is 17.8 Å². The fourth-order valence-electron chi connectivity index (χ4n) is 3.25. The fourth-order valence-corrected chi connectivity index (χ4v) is 3.25. The SMILES string of the molecule is CCOc1ccc(/C=C2\Oc3cc(OC(=O)c4ccccc4)cc(C)c3C2=O)cc1. The van der Waals surface area contributed by atoms with Crippen LogP contribution in [-0.2, 0) is 0 Å². The smallest absolute Gasteiger partial charge is 0.343 e. The Hall–Kier alpha value is -3.86. The van der Waals surface area contributed by atoms with Crippen LogP contribution in [-0.4, -0.2) is 18.4 Å². The molecule has 0 saturated heterocycles. The number of ketones is 1. The Labute approximate surface area is 174 Å². The minimum absolute atomic E-state index is 0.197. The quantitative estimate of drug-likeness (QED) is 0.333. The van der Waals surface area contributed by atoms with Crippen molar-refractivity contribution in [3.63, 3.8) is 0 Å². The number of carbonyl (C=O) groups is 2. The van der Waals surface area contributed by atoms with Gasteiger partial charge in [0.2, 0.25) is 5.78 Å². The maximum atomic E-state index is 12.8. The van der Waals surface area contributed by atoms with E-state index in [0.717, 1.165) is 11.3 Å². The lowest BCUT2D eigenvalue weighted by Crippen LogP contribution is -2.08. The summed E-state index contributed by atoms with van der Waals surface area (Å²) in [6, 6.07) is 19.4. The topological polar surface area (TPSA) is 61.8 Å². The normalized spacial score (nSPS) is 13.7. The summed E-state index contributed by atoms with van der Waals surface area (Å²) in [5.74, 6) is 1.04. The number of hydrogen-bond donors (Lipinski definition) is 0. The van der Waals surface area contributed by atoms with E-state index in [4.69, 9.17) is 14.2 Å². The van der Waals surface area contributed by atoms with E-state index in [-0.39, 0.29) is 11.5 Å². The molecule has 30 heavy (non-hydrogen) atoms. The molecule has 0 radical (unpaired) electrons. The summed E-state index contributed by atoms with van der Waals surface area (Å²) in [4.78, 5) is 25.1. The number of benzene rings is 3. The molecule has 0 saturated carbocycles. The van der Waals surface area contributed by atoms with E-state index in [1.807, 2.05) is 37.3 Å². The summed E-state index contributed by atoms with van der Waals surface area (Å²) in [5.41, 5.74) is 2.43. The van der Waals surface area contributed by atoms with E-state index >= 15 is 0 Å². The maximum Gasteiger partial charge on any atom is 0.343 e. The van der Waals surface area contributed by atoms with Gasteiger partial charge in [-0.1, -0.05) is 30.3 Å². The second kappa shape index (κ2) is 8.25. The lowest BCUT2D eigenvalue weighted by molar-refractivity contribution is 0.0734. The lowest BCUT2D eigenvalue weighted by atomic mass is 10.0. The number of esters is 1. The van der Waals surface area contributed by atoms with Crippen LogP contribution in [0.3, 0.4) is 0 Å². The summed E-state index contributed by atoms with van der Waals surface area (Å²) in [7, 11) is 0. The molecular formula is C25H20O5. The predicted molar refractivity (Wildman–Crippen MR) is 113 cm³/mol. The fraction of sp³-hybridized carbons (Fsp3) is 0.120. The molecule has 5 heteroatoms. The molecule has 4 rings (SSSR count). The zero-order valence-corrected chi connectivity index (χ0v) is 16.7. The highest BCUT2D eigenvalue weighted by Crippen LogP contribution is 2.37. The van der Waals surface area contributed by atoms with Crippen molar-refractivity contribution in [3.8, 4) is 17.2 Å². The zero-order chi connectivity index (χ0) is 21.1. The van der Waals surface area contributed by atoms with Crippen molar-refractivity contribution in [2.45, 2.75) is 13.8 Å². The maximum absolute atomic E-state index is 12.8. The molecule has 1 heterocycles. The van der Waals surface area contributed by atoms with Crippen LogP contribution in [0.2, 0.25) is 0 Å². The van der Waals surface area contributed by atoms with Crippen molar-refractivity contribution in [2.75, 3.05) is 6.61 Å². The Morgan fingerprint density at radius 1 is 1.00 bits per heavy atom. The van der Waals surface area contributed by atoms with Gasteiger partial charge in [-0.15, -0.1) is 0 Å². The van der Waals surface area contributed by atoms with Crippen LogP contribution in [0.4, 0.5) is 0 Å². The summed E-state index contributed by atoms with van der Waals surface area (Å²) in [6.45, 7) is 4.30. The molecule has 150 valence electrons. The number of Topliss-reactive ketones (excluding diaryl/α,β-unsaturated/α-hetero) is 1. The lowest BCUT2D eigenvalue weighted by Gasteiger charge is -2.07. The van der Waals surface area contributed by atoms with Gasteiger partial charge in [-0.3, -0.25) is 4.79 Å². The van der Waals surface area contributed by atoms with Crippen LogP contribution < -0.4 is 14.2 Å². The molecule has 0 bridgehead atoms. The van der Waals surface area contributed by atoms with Gasteiger partial charge >= 0.3 is 5.97 Å². The van der Waals surface area contributed by atoms with Gasteiger partial charge in [0, 0.05) is 6.07 Å². The second-order valence-corrected chi connectivity index (χ2v) is 6.81. The average molecular weight is 400 g/mol. The highest BCUT2D eigenvalue weighted by molar-refractivity contribution is 6.15. The van der Waals surface area contributed by atoms with Crippen LogP contribution in [0.15, 0.2) is 72.5 Å². The summed E-state index contributed by atoms with van der Waals surface area (Å²) in [6.07, 6.45) is 1.69. The van der Waals surface area contributed by atoms with Gasteiger partial charge in [-0.2, -0.15) is 0 Å². The number of allylic oxidation sites excluding steroid dienone is 1. The van der Waals surface area contributed by atoms with E-state index in [9.17, 15) is 9.59 Å². The van der Waals surface area contributed by atoms with Crippen LogP contribution >= 0.6 is 0 Å². The van der Waals surface area contributed by atoms with Gasteiger partial charge in [0.1, 0.15) is 17.2 Å². The number of fused-ring (bicyclic) bond motifs is 1. The first-order valence-corrected chi connectivity index (χ1v) is 9.64. The Kier molecular flexibility index (Phi) is 5.35. The molecule has 3 aromatic rings. The van der Waals surface area contributed by atoms with Crippen LogP contribution in [0.5, 0.6) is 17.2 Å². The Balaban J connectivity index is 1.57. The second-order valence-electron chi connectivity index (χ2n) is 6.81. The third-order valence-corrected chi connectivity index (χ3v) is 4.65. The number of carbonyl (C=O) groups excluding carboxylic acids is 2. The monoisotopic (exact) mass is 400 g/mol. The molecule has 0 fully saturated rings. The van der Waals surface area contributed by atoms with Crippen LogP contribution in [0.25, 0.3) is 6.08 Å². The van der Waals surface area contributed by atoms with Gasteiger partial charge in [0.05, 0.1) is 17.7 Å². The van der Waals surface area contributed by atoms with Crippen molar-refractivity contribution in [3.05, 3.63) is 94.7 Å². The summed E-state index contributed by atoms with van der Waals surface area (Å²) < 4.78 is 16.7. The molecule has 0 N–H and O–H groups in total. The van der Waals surface area contributed by atoms with Gasteiger partial charge in [-0.25, -0.2) is 4.79 Å². The van der Waals surface area contributed by atoms with E-state index in [0.29, 0.717) is 34.8 Å². The molecule has 5 nitrogen and oxygen atoms in total. The first-order valence-electron chi connectivity index (χ1n) is 9.64.